The minimum absolute atomic E-state index is 0.0244. The number of piperazine rings is 1. The van der Waals surface area contributed by atoms with Gasteiger partial charge in [0.15, 0.2) is 0 Å². The van der Waals surface area contributed by atoms with Gasteiger partial charge in [0, 0.05) is 56.7 Å². The summed E-state index contributed by atoms with van der Waals surface area (Å²) in [7, 11) is 0. The predicted molar refractivity (Wildman–Crippen MR) is 141 cm³/mol. The molecule has 2 aliphatic carbocycles. The highest BCUT2D eigenvalue weighted by Gasteiger charge is 2.44. The first-order chi connectivity index (χ1) is 17.6. The van der Waals surface area contributed by atoms with E-state index in [9.17, 15) is 9.59 Å². The van der Waals surface area contributed by atoms with Crippen molar-refractivity contribution >= 4 is 33.4 Å². The monoisotopic (exact) mass is 498 g/mol. The highest BCUT2D eigenvalue weighted by molar-refractivity contribution is 7.17. The van der Waals surface area contributed by atoms with E-state index in [1.807, 2.05) is 39.4 Å². The van der Waals surface area contributed by atoms with Crippen LogP contribution in [0.5, 0.6) is 0 Å². The molecule has 0 unspecified atom stereocenters. The van der Waals surface area contributed by atoms with Gasteiger partial charge in [-0.15, -0.1) is 11.3 Å². The molecular weight excluding hydrogens is 468 g/mol. The molecule has 0 radical (unpaired) electrons. The van der Waals surface area contributed by atoms with Crippen LogP contribution in [0.2, 0.25) is 0 Å². The van der Waals surface area contributed by atoms with Gasteiger partial charge in [-0.25, -0.2) is 6.57 Å². The van der Waals surface area contributed by atoms with Gasteiger partial charge in [0.2, 0.25) is 5.91 Å². The molecule has 2 aromatic heterocycles. The average Bonchev–Trinajstić information content (AvgIpc) is 3.69. The van der Waals surface area contributed by atoms with Crippen LogP contribution in [-0.4, -0.2) is 52.8 Å². The molecule has 1 saturated heterocycles. The fourth-order valence-electron chi connectivity index (χ4n) is 5.99. The van der Waals surface area contributed by atoms with E-state index in [0.717, 1.165) is 59.9 Å². The Labute approximate surface area is 215 Å². The van der Waals surface area contributed by atoms with Gasteiger partial charge in [0.25, 0.3) is 11.4 Å². The van der Waals surface area contributed by atoms with Gasteiger partial charge < -0.3 is 14.6 Å². The number of pyridine rings is 1. The summed E-state index contributed by atoms with van der Waals surface area (Å²) >= 11 is 1.66. The Morgan fingerprint density at radius 1 is 0.972 bits per heavy atom. The lowest BCUT2D eigenvalue weighted by atomic mass is 9.71. The average molecular weight is 499 g/mol. The molecule has 3 heterocycles. The number of carbonyl (C=O) groups is 2. The van der Waals surface area contributed by atoms with E-state index >= 15 is 0 Å². The Morgan fingerprint density at radius 3 is 2.33 bits per heavy atom. The molecule has 6 nitrogen and oxygen atoms in total. The van der Waals surface area contributed by atoms with Gasteiger partial charge in [-0.05, 0) is 48.6 Å². The van der Waals surface area contributed by atoms with Crippen LogP contribution in [0.15, 0.2) is 48.0 Å². The van der Waals surface area contributed by atoms with E-state index in [-0.39, 0.29) is 23.7 Å². The highest BCUT2D eigenvalue weighted by Crippen LogP contribution is 2.48. The summed E-state index contributed by atoms with van der Waals surface area (Å²) < 4.78 is 1.10. The fourth-order valence-corrected chi connectivity index (χ4v) is 6.97. The van der Waals surface area contributed by atoms with Crippen LogP contribution >= 0.6 is 11.3 Å². The van der Waals surface area contributed by atoms with Crippen LogP contribution in [0, 0.1) is 12.5 Å². The van der Waals surface area contributed by atoms with Crippen molar-refractivity contribution < 1.29 is 9.59 Å². The summed E-state index contributed by atoms with van der Waals surface area (Å²) in [4.78, 5) is 38.8. The minimum atomic E-state index is -0.478. The Balaban J connectivity index is 1.25. The van der Waals surface area contributed by atoms with Crippen molar-refractivity contribution in [3.05, 3.63) is 76.1 Å². The van der Waals surface area contributed by atoms with Gasteiger partial charge in [-0.1, -0.05) is 30.3 Å². The van der Waals surface area contributed by atoms with Crippen LogP contribution < -0.4 is 0 Å². The third kappa shape index (κ3) is 4.08. The summed E-state index contributed by atoms with van der Waals surface area (Å²) in [6.45, 7) is 10.4. The van der Waals surface area contributed by atoms with Crippen LogP contribution in [-0.2, 0) is 10.3 Å². The maximum Gasteiger partial charge on any atom is 0.257 e. The summed E-state index contributed by atoms with van der Waals surface area (Å²) in [6.07, 6.45) is 7.10. The molecule has 3 aromatic rings. The van der Waals surface area contributed by atoms with E-state index in [0.29, 0.717) is 31.7 Å². The second-order valence-electron chi connectivity index (χ2n) is 10.4. The number of rotatable bonds is 4. The molecular formula is C29H30N4O2S. The van der Waals surface area contributed by atoms with Gasteiger partial charge >= 0.3 is 0 Å². The first-order valence-electron chi connectivity index (χ1n) is 13.0. The number of aromatic nitrogens is 1. The highest BCUT2D eigenvalue weighted by atomic mass is 32.1. The number of amides is 2. The molecule has 2 amide bonds. The molecule has 1 aliphatic heterocycles. The van der Waals surface area contributed by atoms with E-state index in [1.165, 1.54) is 0 Å². The Hall–Kier alpha value is -3.24. The number of hydrogen-bond acceptors (Lipinski definition) is 4. The van der Waals surface area contributed by atoms with Gasteiger partial charge in [-0.2, -0.15) is 0 Å². The van der Waals surface area contributed by atoms with Crippen LogP contribution in [0.25, 0.3) is 15.1 Å². The molecule has 3 fully saturated rings. The molecule has 6 rings (SSSR count). The van der Waals surface area contributed by atoms with Crippen molar-refractivity contribution in [3.63, 3.8) is 0 Å². The smallest absolute Gasteiger partial charge is 0.257 e. The number of carbonyl (C=O) groups excluding carboxylic acids is 2. The quantitative estimate of drug-likeness (QED) is 0.449. The Morgan fingerprint density at radius 2 is 1.67 bits per heavy atom. The van der Waals surface area contributed by atoms with E-state index in [4.69, 9.17) is 6.57 Å². The number of nitrogens with zero attached hydrogens (tertiary/aromatic N) is 4. The van der Waals surface area contributed by atoms with Gasteiger partial charge in [0.1, 0.15) is 0 Å². The van der Waals surface area contributed by atoms with Crippen LogP contribution in [0.4, 0.5) is 0 Å². The summed E-state index contributed by atoms with van der Waals surface area (Å²) in [6, 6.07) is 12.2. The second kappa shape index (κ2) is 9.33. The number of fused-ring (bicyclic) bond motifs is 1. The molecule has 2 saturated carbocycles. The zero-order valence-electron chi connectivity index (χ0n) is 20.4. The van der Waals surface area contributed by atoms with Crippen molar-refractivity contribution in [2.24, 2.45) is 5.92 Å². The molecule has 0 N–H and O–H groups in total. The summed E-state index contributed by atoms with van der Waals surface area (Å²) in [5.74, 6) is 0.725. The minimum Gasteiger partial charge on any atom is -0.339 e. The van der Waals surface area contributed by atoms with E-state index < -0.39 is 5.54 Å². The molecule has 0 spiro atoms. The lowest BCUT2D eigenvalue weighted by Gasteiger charge is -2.36. The zero-order valence-corrected chi connectivity index (χ0v) is 21.2. The van der Waals surface area contributed by atoms with Crippen molar-refractivity contribution in [2.45, 2.75) is 50.0 Å². The molecule has 1 aromatic carbocycles. The maximum absolute atomic E-state index is 13.8. The second-order valence-corrected chi connectivity index (χ2v) is 11.3. The molecule has 184 valence electrons. The Bertz CT molecular complexity index is 1320. The first kappa shape index (κ1) is 23.2. The van der Waals surface area contributed by atoms with E-state index in [2.05, 4.69) is 22.0 Å². The third-order valence-electron chi connectivity index (χ3n) is 8.29. The van der Waals surface area contributed by atoms with Gasteiger partial charge in [-0.3, -0.25) is 14.6 Å². The SMILES string of the molecule is [C-]#[N+]C1(c2ccccc2)CCC(c2c(C(=O)N3CCN(C(=O)C4CC4)CC3)cnc3ccsc23)CC1. The third-order valence-corrected chi connectivity index (χ3v) is 9.23. The fraction of sp³-hybridized carbons (Fsp3) is 0.448. The summed E-state index contributed by atoms with van der Waals surface area (Å²) in [5, 5.41) is 2.05. The van der Waals surface area contributed by atoms with Crippen molar-refractivity contribution in [3.8, 4) is 0 Å². The van der Waals surface area contributed by atoms with Crippen molar-refractivity contribution in [2.75, 3.05) is 26.2 Å². The Kier molecular flexibility index (Phi) is 6.00. The van der Waals surface area contributed by atoms with Crippen LogP contribution in [0.1, 0.15) is 65.9 Å². The van der Waals surface area contributed by atoms with E-state index in [1.54, 1.807) is 17.5 Å². The van der Waals surface area contributed by atoms with Gasteiger partial charge in [0.05, 0.1) is 15.8 Å². The number of benzene rings is 1. The van der Waals surface area contributed by atoms with Crippen LogP contribution in [0.3, 0.4) is 0 Å². The van der Waals surface area contributed by atoms with Crippen molar-refractivity contribution in [1.82, 2.24) is 14.8 Å². The molecule has 0 atom stereocenters. The number of hydrogen-bond donors (Lipinski definition) is 0. The zero-order chi connectivity index (χ0) is 24.7. The van der Waals surface area contributed by atoms with Crippen molar-refractivity contribution in [1.29, 1.82) is 0 Å². The molecule has 0 bridgehead atoms. The molecule has 3 aliphatic rings. The lowest BCUT2D eigenvalue weighted by Crippen LogP contribution is -2.51. The number of thiophene rings is 1. The summed E-state index contributed by atoms with van der Waals surface area (Å²) in [5.41, 5.74) is 3.38. The molecule has 7 heteroatoms. The normalized spacial score (nSPS) is 24.5. The predicted octanol–water partition coefficient (Wildman–Crippen LogP) is 5.46. The maximum atomic E-state index is 13.8. The molecule has 36 heavy (non-hydrogen) atoms. The largest absolute Gasteiger partial charge is 0.339 e. The topological polar surface area (TPSA) is 57.9 Å². The lowest BCUT2D eigenvalue weighted by molar-refractivity contribution is -0.134. The first-order valence-corrected chi connectivity index (χ1v) is 13.9. The standard InChI is InChI=1S/C29H30N4O2S/c1-30-29(22-5-3-2-4-6-22)12-9-20(10-13-29)25-23(19-31-24-11-18-36-26(24)25)28(35)33-16-14-32(15-17-33)27(34)21-7-8-21/h2-6,11,18-21H,7-10,12-17H2.